The van der Waals surface area contributed by atoms with Gasteiger partial charge in [-0.3, -0.25) is 14.9 Å². The Kier molecular flexibility index (Phi) is 5.40. The van der Waals surface area contributed by atoms with Crippen LogP contribution in [0.2, 0.25) is 0 Å². The maximum absolute atomic E-state index is 12.7. The van der Waals surface area contributed by atoms with Crippen LogP contribution in [-0.4, -0.2) is 18.9 Å². The topological polar surface area (TPSA) is 80.9 Å². The van der Waals surface area contributed by atoms with Gasteiger partial charge in [0, 0.05) is 12.3 Å². The fourth-order valence-electron chi connectivity index (χ4n) is 2.60. The predicted molar refractivity (Wildman–Crippen MR) is 97.6 cm³/mol. The molecule has 0 saturated heterocycles. The number of imide groups is 1. The normalized spacial score (nSPS) is 12.1. The molecule has 0 atom stereocenters. The minimum atomic E-state index is -4.48. The summed E-state index contributed by atoms with van der Waals surface area (Å²) in [4.78, 5) is 27.8. The van der Waals surface area contributed by atoms with Crippen molar-refractivity contribution in [3.05, 3.63) is 65.2 Å². The maximum Gasteiger partial charge on any atom is 0.416 e. The van der Waals surface area contributed by atoms with Crippen molar-refractivity contribution >= 4 is 28.5 Å². The summed E-state index contributed by atoms with van der Waals surface area (Å²) in [5.74, 6) is -0.956. The monoisotopic (exact) mass is 404 g/mol. The van der Waals surface area contributed by atoms with Gasteiger partial charge in [0.2, 0.25) is 11.5 Å². The molecule has 9 heteroatoms. The number of para-hydroxylation sites is 1. The summed E-state index contributed by atoms with van der Waals surface area (Å²) < 4.78 is 49.2. The van der Waals surface area contributed by atoms with E-state index in [0.29, 0.717) is 16.7 Å². The van der Waals surface area contributed by atoms with E-state index in [0.717, 1.165) is 24.3 Å². The first-order chi connectivity index (χ1) is 13.7. The van der Waals surface area contributed by atoms with Crippen LogP contribution in [-0.2, 0) is 11.0 Å². The van der Waals surface area contributed by atoms with Crippen LogP contribution in [0.15, 0.2) is 57.9 Å². The zero-order valence-corrected chi connectivity index (χ0v) is 15.3. The second-order valence-electron chi connectivity index (χ2n) is 6.01. The van der Waals surface area contributed by atoms with E-state index in [1.807, 2.05) is 0 Å². The van der Waals surface area contributed by atoms with Crippen molar-refractivity contribution < 1.29 is 31.9 Å². The van der Waals surface area contributed by atoms with E-state index in [-0.39, 0.29) is 16.8 Å². The van der Waals surface area contributed by atoms with Crippen molar-refractivity contribution in [2.75, 3.05) is 7.11 Å². The molecule has 150 valence electrons. The van der Waals surface area contributed by atoms with Crippen LogP contribution in [0, 0.1) is 0 Å². The number of methoxy groups -OCH3 is 1. The standard InChI is InChI=1S/C20H15F3N2O4/c1-11(26)24-18(27)15-10-12-4-3-5-16(28-2)17(12)29-19(15)25-14-8-6-13(7-9-14)20(21,22)23/h3-10H,1-2H3,(H,24,26,27). The summed E-state index contributed by atoms with van der Waals surface area (Å²) in [5, 5.41) is 2.65. The van der Waals surface area contributed by atoms with Gasteiger partial charge in [0.05, 0.1) is 18.4 Å². The van der Waals surface area contributed by atoms with Crippen molar-refractivity contribution in [1.82, 2.24) is 5.32 Å². The molecule has 0 bridgehead atoms. The largest absolute Gasteiger partial charge is 0.493 e. The number of nitrogens with zero attached hydrogens (tertiary/aromatic N) is 1. The summed E-state index contributed by atoms with van der Waals surface area (Å²) in [6, 6.07) is 10.5. The first-order valence-electron chi connectivity index (χ1n) is 8.34. The van der Waals surface area contributed by atoms with Crippen LogP contribution >= 0.6 is 0 Å². The molecular formula is C20H15F3N2O4. The molecule has 0 aliphatic carbocycles. The van der Waals surface area contributed by atoms with Gasteiger partial charge in [0.15, 0.2) is 11.3 Å². The molecule has 1 aromatic heterocycles. The third kappa shape index (κ3) is 4.45. The molecular weight excluding hydrogens is 389 g/mol. The van der Waals surface area contributed by atoms with Gasteiger partial charge < -0.3 is 9.15 Å². The Balaban J connectivity index is 2.21. The van der Waals surface area contributed by atoms with Crippen LogP contribution in [0.4, 0.5) is 18.9 Å². The fraction of sp³-hybridized carbons (Fsp3) is 0.150. The van der Waals surface area contributed by atoms with Crippen molar-refractivity contribution in [1.29, 1.82) is 0 Å². The van der Waals surface area contributed by atoms with Crippen molar-refractivity contribution in [3.63, 3.8) is 0 Å². The van der Waals surface area contributed by atoms with E-state index < -0.39 is 23.6 Å². The number of hydrogen-bond donors (Lipinski definition) is 1. The summed E-state index contributed by atoms with van der Waals surface area (Å²) in [5.41, 5.74) is -0.641. The molecule has 0 radical (unpaired) electrons. The number of rotatable bonds is 3. The Bertz CT molecular complexity index is 1150. The van der Waals surface area contributed by atoms with Gasteiger partial charge in [-0.15, -0.1) is 0 Å². The molecule has 0 spiro atoms. The summed E-state index contributed by atoms with van der Waals surface area (Å²) in [6.45, 7) is 1.17. The number of amides is 2. The highest BCUT2D eigenvalue weighted by Crippen LogP contribution is 2.30. The smallest absolute Gasteiger partial charge is 0.416 e. The molecule has 0 unspecified atom stereocenters. The van der Waals surface area contributed by atoms with E-state index in [1.165, 1.54) is 20.1 Å². The van der Waals surface area contributed by atoms with E-state index in [4.69, 9.17) is 9.15 Å². The van der Waals surface area contributed by atoms with Gasteiger partial charge in [0.1, 0.15) is 5.56 Å². The predicted octanol–water partition coefficient (Wildman–Crippen LogP) is 3.97. The first kappa shape index (κ1) is 20.1. The highest BCUT2D eigenvalue weighted by molar-refractivity contribution is 6.05. The zero-order valence-electron chi connectivity index (χ0n) is 15.3. The van der Waals surface area contributed by atoms with Crippen LogP contribution in [0.5, 0.6) is 5.75 Å². The van der Waals surface area contributed by atoms with Gasteiger partial charge >= 0.3 is 6.18 Å². The van der Waals surface area contributed by atoms with Gasteiger partial charge in [-0.1, -0.05) is 12.1 Å². The number of alkyl halides is 3. The third-order valence-electron chi connectivity index (χ3n) is 3.92. The lowest BCUT2D eigenvalue weighted by Gasteiger charge is -2.08. The SMILES string of the molecule is COc1cccc2cc(C(=O)NC(C)=O)c(=Nc3ccc(C(F)(F)F)cc3)oc12. The molecule has 0 saturated carbocycles. The Morgan fingerprint density at radius 3 is 2.38 bits per heavy atom. The summed E-state index contributed by atoms with van der Waals surface area (Å²) in [7, 11) is 1.44. The van der Waals surface area contributed by atoms with Gasteiger partial charge in [-0.25, -0.2) is 4.99 Å². The average molecular weight is 404 g/mol. The van der Waals surface area contributed by atoms with Gasteiger partial charge in [-0.05, 0) is 36.4 Å². The molecule has 0 aliphatic heterocycles. The Morgan fingerprint density at radius 1 is 1.10 bits per heavy atom. The Morgan fingerprint density at radius 2 is 1.79 bits per heavy atom. The highest BCUT2D eigenvalue weighted by Gasteiger charge is 2.30. The number of carbonyl (C=O) groups is 2. The third-order valence-corrected chi connectivity index (χ3v) is 3.92. The van der Waals surface area contributed by atoms with Gasteiger partial charge in [-0.2, -0.15) is 13.2 Å². The van der Waals surface area contributed by atoms with Crippen molar-refractivity contribution in [2.45, 2.75) is 13.1 Å². The zero-order chi connectivity index (χ0) is 21.2. The average Bonchev–Trinajstić information content (AvgIpc) is 2.66. The minimum absolute atomic E-state index is 0.0548. The number of hydrogen-bond acceptors (Lipinski definition) is 5. The Labute approximate surface area is 162 Å². The molecule has 1 N–H and O–H groups in total. The van der Waals surface area contributed by atoms with Crippen molar-refractivity contribution in [3.8, 4) is 5.75 Å². The number of ether oxygens (including phenoxy) is 1. The number of fused-ring (bicyclic) bond motifs is 1. The van der Waals surface area contributed by atoms with Crippen LogP contribution in [0.25, 0.3) is 11.0 Å². The minimum Gasteiger partial charge on any atom is -0.493 e. The van der Waals surface area contributed by atoms with Crippen molar-refractivity contribution in [2.24, 2.45) is 4.99 Å². The first-order valence-corrected chi connectivity index (χ1v) is 8.34. The molecule has 0 aliphatic rings. The molecule has 0 fully saturated rings. The fourth-order valence-corrected chi connectivity index (χ4v) is 2.60. The maximum atomic E-state index is 12.7. The number of carbonyl (C=O) groups excluding carboxylic acids is 2. The summed E-state index contributed by atoms with van der Waals surface area (Å²) in [6.07, 6.45) is -4.48. The van der Waals surface area contributed by atoms with Crippen LogP contribution < -0.4 is 15.6 Å². The van der Waals surface area contributed by atoms with Gasteiger partial charge in [0.25, 0.3) is 5.91 Å². The van der Waals surface area contributed by atoms with Crippen LogP contribution in [0.1, 0.15) is 22.8 Å². The second-order valence-corrected chi connectivity index (χ2v) is 6.01. The summed E-state index contributed by atoms with van der Waals surface area (Å²) >= 11 is 0. The molecule has 2 aromatic carbocycles. The molecule has 29 heavy (non-hydrogen) atoms. The quantitative estimate of drug-likeness (QED) is 0.716. The molecule has 6 nitrogen and oxygen atoms in total. The molecule has 3 aromatic rings. The van der Waals surface area contributed by atoms with E-state index in [1.54, 1.807) is 18.2 Å². The van der Waals surface area contributed by atoms with E-state index in [2.05, 4.69) is 10.3 Å². The van der Waals surface area contributed by atoms with E-state index in [9.17, 15) is 22.8 Å². The second kappa shape index (κ2) is 7.78. The molecule has 3 rings (SSSR count). The van der Waals surface area contributed by atoms with Crippen LogP contribution in [0.3, 0.4) is 0 Å². The number of benzene rings is 2. The lowest BCUT2D eigenvalue weighted by Crippen LogP contribution is -2.32. The highest BCUT2D eigenvalue weighted by atomic mass is 19.4. The lowest BCUT2D eigenvalue weighted by molar-refractivity contribution is -0.137. The molecule has 1 heterocycles. The van der Waals surface area contributed by atoms with E-state index >= 15 is 0 Å². The Hall–Kier alpha value is -3.62. The lowest BCUT2D eigenvalue weighted by atomic mass is 10.1. The number of nitrogens with one attached hydrogen (secondary N) is 1. The number of halogens is 3. The molecule has 2 amide bonds.